The van der Waals surface area contributed by atoms with Gasteiger partial charge in [0.15, 0.2) is 4.96 Å². The molecule has 0 bridgehead atoms. The molecular weight excluding hydrogens is 417 g/mol. The van der Waals surface area contributed by atoms with Crippen LogP contribution in [0.1, 0.15) is 30.3 Å². The third-order valence-corrected chi connectivity index (χ3v) is 6.92. The summed E-state index contributed by atoms with van der Waals surface area (Å²) < 4.78 is 16.2. The van der Waals surface area contributed by atoms with Crippen LogP contribution in [-0.2, 0) is 0 Å². The minimum Gasteiger partial charge on any atom is -0.368 e. The van der Waals surface area contributed by atoms with Gasteiger partial charge in [-0.05, 0) is 43.0 Å². The van der Waals surface area contributed by atoms with Gasteiger partial charge in [0, 0.05) is 29.8 Å². The molecule has 1 fully saturated rings. The van der Waals surface area contributed by atoms with E-state index in [1.807, 2.05) is 12.1 Å². The minimum absolute atomic E-state index is 0.222. The Morgan fingerprint density at radius 1 is 1.35 bits per heavy atom. The molecule has 1 aliphatic heterocycles. The number of imidazole rings is 1. The number of aliphatic imine (C=N–C) groups is 1. The second-order valence-electron chi connectivity index (χ2n) is 8.37. The standard InChI is InChI=1S/C21H22FN7OS/c1-12-7-21(8-12,18-13(22)3-2-6-24-18)11-25-17-5-4-14(27-28-17)15-9-29-16(19(23)30)10-31-20(29)26-15/h2-6,9-10,12-13,18H,7-8,11H2,1H3,(H2,23,30)(H,25,28). The second-order valence-corrected chi connectivity index (χ2v) is 9.21. The molecule has 3 aromatic heterocycles. The molecule has 1 aliphatic carbocycles. The summed E-state index contributed by atoms with van der Waals surface area (Å²) in [6, 6.07) is 3.28. The number of nitrogens with one attached hydrogen (secondary N) is 1. The largest absolute Gasteiger partial charge is 0.368 e. The number of allylic oxidation sites excluding steroid dienone is 1. The molecule has 3 aromatic rings. The van der Waals surface area contributed by atoms with Gasteiger partial charge in [-0.25, -0.2) is 9.37 Å². The lowest BCUT2D eigenvalue weighted by Crippen LogP contribution is -2.53. The zero-order chi connectivity index (χ0) is 21.6. The van der Waals surface area contributed by atoms with Gasteiger partial charge < -0.3 is 11.1 Å². The van der Waals surface area contributed by atoms with Crippen LogP contribution in [0.4, 0.5) is 10.2 Å². The number of amides is 1. The molecule has 4 heterocycles. The van der Waals surface area contributed by atoms with E-state index in [-0.39, 0.29) is 11.5 Å². The van der Waals surface area contributed by atoms with Crippen molar-refractivity contribution >= 4 is 34.2 Å². The number of anilines is 1. The first kappa shape index (κ1) is 19.8. The molecule has 5 rings (SSSR count). The number of rotatable bonds is 6. The van der Waals surface area contributed by atoms with Crippen molar-refractivity contribution in [2.75, 3.05) is 11.9 Å². The van der Waals surface area contributed by atoms with Crippen LogP contribution < -0.4 is 11.1 Å². The van der Waals surface area contributed by atoms with Gasteiger partial charge in [-0.1, -0.05) is 6.92 Å². The molecule has 2 unspecified atom stereocenters. The summed E-state index contributed by atoms with van der Waals surface area (Å²) in [5, 5.41) is 13.5. The third-order valence-electron chi connectivity index (χ3n) is 6.08. The van der Waals surface area contributed by atoms with Gasteiger partial charge in [-0.15, -0.1) is 21.5 Å². The molecule has 0 radical (unpaired) electrons. The lowest BCUT2D eigenvalue weighted by molar-refractivity contribution is 0.0277. The van der Waals surface area contributed by atoms with E-state index >= 15 is 0 Å². The second kappa shape index (κ2) is 7.52. The average molecular weight is 440 g/mol. The highest BCUT2D eigenvalue weighted by Gasteiger charge is 2.50. The van der Waals surface area contributed by atoms with Gasteiger partial charge in [-0.2, -0.15) is 0 Å². The molecule has 8 nitrogen and oxygen atoms in total. The minimum atomic E-state index is -1.06. The Hall–Kier alpha value is -3.14. The van der Waals surface area contributed by atoms with Gasteiger partial charge >= 0.3 is 0 Å². The van der Waals surface area contributed by atoms with Crippen LogP contribution in [0.3, 0.4) is 0 Å². The van der Waals surface area contributed by atoms with Crippen molar-refractivity contribution < 1.29 is 9.18 Å². The van der Waals surface area contributed by atoms with Crippen molar-refractivity contribution in [2.45, 2.75) is 32.0 Å². The van der Waals surface area contributed by atoms with Crippen LogP contribution in [-0.4, -0.2) is 50.5 Å². The highest BCUT2D eigenvalue weighted by Crippen LogP contribution is 2.51. The number of hydrogen-bond donors (Lipinski definition) is 2. The summed E-state index contributed by atoms with van der Waals surface area (Å²) in [4.78, 5) is 21.1. The SMILES string of the molecule is CC1CC(CNc2ccc(-c3cn4c(C(N)=O)csc4n3)nn2)(C2N=CC=CC2F)C1. The van der Waals surface area contributed by atoms with Crippen molar-refractivity contribution in [1.29, 1.82) is 0 Å². The fourth-order valence-electron chi connectivity index (χ4n) is 4.71. The quantitative estimate of drug-likeness (QED) is 0.613. The zero-order valence-electron chi connectivity index (χ0n) is 16.9. The van der Waals surface area contributed by atoms with Crippen LogP contribution in [0, 0.1) is 11.3 Å². The molecule has 0 aromatic carbocycles. The number of nitrogens with two attached hydrogens (primary N) is 1. The van der Waals surface area contributed by atoms with Crippen LogP contribution >= 0.6 is 11.3 Å². The normalized spacial score (nSPS) is 27.4. The Labute approximate surface area is 182 Å². The van der Waals surface area contributed by atoms with Crippen LogP contribution in [0.2, 0.25) is 0 Å². The first-order valence-corrected chi connectivity index (χ1v) is 11.0. The monoisotopic (exact) mass is 439 g/mol. The van der Waals surface area contributed by atoms with E-state index < -0.39 is 12.1 Å². The van der Waals surface area contributed by atoms with Crippen molar-refractivity contribution in [3.05, 3.63) is 41.6 Å². The molecule has 31 heavy (non-hydrogen) atoms. The molecule has 3 N–H and O–H groups in total. The number of hydrogen-bond acceptors (Lipinski definition) is 7. The van der Waals surface area contributed by atoms with Gasteiger partial charge in [-0.3, -0.25) is 14.2 Å². The number of carbonyl (C=O) groups is 1. The molecule has 160 valence electrons. The number of thiazole rings is 1. The number of primary amides is 1. The first-order chi connectivity index (χ1) is 14.9. The van der Waals surface area contributed by atoms with Crippen molar-refractivity contribution in [3.8, 4) is 11.4 Å². The topological polar surface area (TPSA) is 111 Å². The Bertz CT molecular complexity index is 1180. The fourth-order valence-corrected chi connectivity index (χ4v) is 5.58. The van der Waals surface area contributed by atoms with E-state index in [1.54, 1.807) is 34.3 Å². The maximum Gasteiger partial charge on any atom is 0.266 e. The summed E-state index contributed by atoms with van der Waals surface area (Å²) in [7, 11) is 0. The van der Waals surface area contributed by atoms with Gasteiger partial charge in [0.05, 0.1) is 6.04 Å². The number of alkyl halides is 1. The summed E-state index contributed by atoms with van der Waals surface area (Å²) >= 11 is 1.34. The number of aromatic nitrogens is 4. The van der Waals surface area contributed by atoms with Gasteiger partial charge in [0.2, 0.25) is 0 Å². The predicted octanol–water partition coefficient (Wildman–Crippen LogP) is 3.13. The Kier molecular flexibility index (Phi) is 4.81. The summed E-state index contributed by atoms with van der Waals surface area (Å²) in [5.41, 5.74) is 6.76. The molecule has 1 amide bonds. The maximum atomic E-state index is 14.5. The van der Waals surface area contributed by atoms with E-state index in [2.05, 4.69) is 32.4 Å². The lowest BCUT2D eigenvalue weighted by Gasteiger charge is -2.51. The number of dihydropyridines is 1. The van der Waals surface area contributed by atoms with E-state index in [0.29, 0.717) is 40.3 Å². The predicted molar refractivity (Wildman–Crippen MR) is 118 cm³/mol. The van der Waals surface area contributed by atoms with E-state index in [0.717, 1.165) is 12.8 Å². The number of carbonyl (C=O) groups excluding carboxylic acids is 1. The molecule has 1 saturated carbocycles. The van der Waals surface area contributed by atoms with Crippen LogP contribution in [0.5, 0.6) is 0 Å². The molecule has 0 spiro atoms. The van der Waals surface area contributed by atoms with Gasteiger partial charge in [0.25, 0.3) is 5.91 Å². The maximum absolute atomic E-state index is 14.5. The average Bonchev–Trinajstić information content (AvgIpc) is 3.32. The molecule has 2 aliphatic rings. The van der Waals surface area contributed by atoms with E-state index in [9.17, 15) is 9.18 Å². The van der Waals surface area contributed by atoms with Crippen molar-refractivity contribution in [3.63, 3.8) is 0 Å². The van der Waals surface area contributed by atoms with Crippen molar-refractivity contribution in [1.82, 2.24) is 19.6 Å². The summed E-state index contributed by atoms with van der Waals surface area (Å²) in [6.07, 6.45) is 7.46. The Morgan fingerprint density at radius 2 is 2.19 bits per heavy atom. The first-order valence-electron chi connectivity index (χ1n) is 10.1. The molecule has 0 saturated heterocycles. The summed E-state index contributed by atoms with van der Waals surface area (Å²) in [6.45, 7) is 2.77. The Balaban J connectivity index is 1.31. The van der Waals surface area contributed by atoms with Crippen molar-refractivity contribution in [2.24, 2.45) is 22.1 Å². The smallest absolute Gasteiger partial charge is 0.266 e. The van der Waals surface area contributed by atoms with Gasteiger partial charge in [0.1, 0.15) is 29.1 Å². The Morgan fingerprint density at radius 3 is 2.87 bits per heavy atom. The van der Waals surface area contributed by atoms with Crippen LogP contribution in [0.15, 0.2) is 40.9 Å². The molecule has 10 heteroatoms. The van der Waals surface area contributed by atoms with E-state index in [1.165, 1.54) is 11.3 Å². The highest BCUT2D eigenvalue weighted by molar-refractivity contribution is 7.15. The van der Waals surface area contributed by atoms with E-state index in [4.69, 9.17) is 5.73 Å². The lowest BCUT2D eigenvalue weighted by atomic mass is 9.57. The zero-order valence-corrected chi connectivity index (χ0v) is 17.7. The fraction of sp³-hybridized carbons (Fsp3) is 0.381. The van der Waals surface area contributed by atoms with Crippen LogP contribution in [0.25, 0.3) is 16.3 Å². The molecular formula is C21H22FN7OS. The molecule has 2 atom stereocenters. The number of fused-ring (bicyclic) bond motifs is 1. The number of nitrogens with zero attached hydrogens (tertiary/aromatic N) is 5. The number of halogens is 1. The highest BCUT2D eigenvalue weighted by atomic mass is 32.1. The summed E-state index contributed by atoms with van der Waals surface area (Å²) in [5.74, 6) is 0.671. The third kappa shape index (κ3) is 3.50.